The molecular formula is C19H20N2O5. The van der Waals surface area contributed by atoms with E-state index >= 15 is 0 Å². The summed E-state index contributed by atoms with van der Waals surface area (Å²) >= 11 is 0. The van der Waals surface area contributed by atoms with Gasteiger partial charge in [0.25, 0.3) is 0 Å². The highest BCUT2D eigenvalue weighted by molar-refractivity contribution is 5.77. The molecule has 2 aromatic heterocycles. The Morgan fingerprint density at radius 1 is 1.23 bits per heavy atom. The lowest BCUT2D eigenvalue weighted by Crippen LogP contribution is -2.26. The fourth-order valence-electron chi connectivity index (χ4n) is 2.31. The quantitative estimate of drug-likeness (QED) is 0.667. The number of carbonyl (C=O) groups excluding carboxylic acids is 1. The Morgan fingerprint density at radius 2 is 2.04 bits per heavy atom. The minimum Gasteiger partial charge on any atom is -0.497 e. The van der Waals surface area contributed by atoms with Crippen molar-refractivity contribution in [2.24, 2.45) is 0 Å². The molecule has 0 aliphatic heterocycles. The van der Waals surface area contributed by atoms with Crippen LogP contribution in [-0.2, 0) is 22.7 Å². The summed E-state index contributed by atoms with van der Waals surface area (Å²) in [6.07, 6.45) is 1.56. The Morgan fingerprint density at radius 3 is 2.73 bits per heavy atom. The molecule has 3 rings (SSSR count). The number of rotatable bonds is 8. The molecule has 0 bridgehead atoms. The van der Waals surface area contributed by atoms with Gasteiger partial charge in [-0.05, 0) is 43.3 Å². The first-order chi connectivity index (χ1) is 12.7. The Balaban J connectivity index is 1.50. The molecule has 3 aromatic rings. The zero-order valence-corrected chi connectivity index (χ0v) is 14.7. The molecule has 1 N–H and O–H groups in total. The van der Waals surface area contributed by atoms with Gasteiger partial charge in [-0.1, -0.05) is 0 Å². The van der Waals surface area contributed by atoms with Crippen molar-refractivity contribution in [1.82, 2.24) is 10.3 Å². The lowest BCUT2D eigenvalue weighted by atomic mass is 10.2. The monoisotopic (exact) mass is 356 g/mol. The molecule has 0 spiro atoms. The smallest absolute Gasteiger partial charge is 0.246 e. The van der Waals surface area contributed by atoms with Gasteiger partial charge in [-0.25, -0.2) is 4.98 Å². The number of nitrogens with zero attached hydrogens (tertiary/aromatic N) is 1. The number of hydrogen-bond acceptors (Lipinski definition) is 6. The van der Waals surface area contributed by atoms with E-state index in [1.54, 1.807) is 25.5 Å². The van der Waals surface area contributed by atoms with E-state index < -0.39 is 0 Å². The second-order valence-corrected chi connectivity index (χ2v) is 5.60. The number of benzene rings is 1. The average molecular weight is 356 g/mol. The number of hydrogen-bond donors (Lipinski definition) is 1. The van der Waals surface area contributed by atoms with Gasteiger partial charge in [0.1, 0.15) is 29.6 Å². The largest absolute Gasteiger partial charge is 0.497 e. The summed E-state index contributed by atoms with van der Waals surface area (Å²) in [4.78, 5) is 16.2. The van der Waals surface area contributed by atoms with Crippen LogP contribution in [0.25, 0.3) is 11.5 Å². The summed E-state index contributed by atoms with van der Waals surface area (Å²) in [5.74, 6) is 2.40. The van der Waals surface area contributed by atoms with Crippen LogP contribution in [0.5, 0.6) is 5.75 Å². The lowest BCUT2D eigenvalue weighted by Gasteiger charge is -2.04. The van der Waals surface area contributed by atoms with Crippen molar-refractivity contribution in [3.8, 4) is 17.2 Å². The van der Waals surface area contributed by atoms with Crippen molar-refractivity contribution < 1.29 is 23.1 Å². The maximum Gasteiger partial charge on any atom is 0.246 e. The van der Waals surface area contributed by atoms with Gasteiger partial charge in [-0.2, -0.15) is 0 Å². The third-order valence-electron chi connectivity index (χ3n) is 3.74. The molecule has 0 saturated heterocycles. The van der Waals surface area contributed by atoms with Gasteiger partial charge in [0.15, 0.2) is 0 Å². The van der Waals surface area contributed by atoms with Crippen LogP contribution in [0.15, 0.2) is 51.5 Å². The standard InChI is InChI=1S/C19H20N2O5/c1-13-17(11-24-12-18(22)20-10-16-4-3-9-25-16)21-19(26-13)14-5-7-15(23-2)8-6-14/h3-9H,10-12H2,1-2H3,(H,20,22). The summed E-state index contributed by atoms with van der Waals surface area (Å²) in [6.45, 7) is 2.28. The fraction of sp³-hybridized carbons (Fsp3) is 0.263. The van der Waals surface area contributed by atoms with Gasteiger partial charge >= 0.3 is 0 Å². The number of oxazole rings is 1. The first-order valence-electron chi connectivity index (χ1n) is 8.13. The van der Waals surface area contributed by atoms with E-state index in [9.17, 15) is 4.79 Å². The van der Waals surface area contributed by atoms with Crippen molar-refractivity contribution in [2.75, 3.05) is 13.7 Å². The molecule has 0 fully saturated rings. The maximum absolute atomic E-state index is 11.8. The SMILES string of the molecule is COc1ccc(-c2nc(COCC(=O)NCc3ccco3)c(C)o2)cc1. The van der Waals surface area contributed by atoms with E-state index in [0.717, 1.165) is 11.3 Å². The second kappa shape index (κ2) is 8.35. The average Bonchev–Trinajstić information content (AvgIpc) is 3.30. The number of ether oxygens (including phenoxy) is 2. The van der Waals surface area contributed by atoms with Crippen LogP contribution in [0.1, 0.15) is 17.2 Å². The minimum atomic E-state index is -0.224. The molecule has 2 heterocycles. The van der Waals surface area contributed by atoms with E-state index in [1.165, 1.54) is 0 Å². The Kier molecular flexibility index (Phi) is 5.70. The van der Waals surface area contributed by atoms with Crippen LogP contribution in [0, 0.1) is 6.92 Å². The molecule has 1 amide bonds. The number of aromatic nitrogens is 1. The number of amides is 1. The van der Waals surface area contributed by atoms with E-state index in [4.69, 9.17) is 18.3 Å². The number of methoxy groups -OCH3 is 1. The fourth-order valence-corrected chi connectivity index (χ4v) is 2.31. The molecule has 136 valence electrons. The predicted octanol–water partition coefficient (Wildman–Crippen LogP) is 3.08. The van der Waals surface area contributed by atoms with Crippen LogP contribution >= 0.6 is 0 Å². The predicted molar refractivity (Wildman–Crippen MR) is 93.4 cm³/mol. The molecule has 0 aliphatic carbocycles. The van der Waals surface area contributed by atoms with E-state index in [1.807, 2.05) is 31.2 Å². The minimum absolute atomic E-state index is 0.0646. The zero-order chi connectivity index (χ0) is 18.4. The molecule has 0 radical (unpaired) electrons. The number of nitrogens with one attached hydrogen (secondary N) is 1. The van der Waals surface area contributed by atoms with Gasteiger partial charge < -0.3 is 23.6 Å². The number of carbonyl (C=O) groups is 1. The summed E-state index contributed by atoms with van der Waals surface area (Å²) in [5, 5.41) is 2.71. The first kappa shape index (κ1) is 17.8. The maximum atomic E-state index is 11.8. The summed E-state index contributed by atoms with van der Waals surface area (Å²) in [6, 6.07) is 11.0. The van der Waals surface area contributed by atoms with Crippen LogP contribution in [0.2, 0.25) is 0 Å². The summed E-state index contributed by atoms with van der Waals surface area (Å²) in [5.41, 5.74) is 1.51. The Bertz CT molecular complexity index is 837. The van der Waals surface area contributed by atoms with E-state index in [-0.39, 0.29) is 19.1 Å². The van der Waals surface area contributed by atoms with Gasteiger partial charge in [0, 0.05) is 5.56 Å². The Labute approximate surface area is 150 Å². The topological polar surface area (TPSA) is 86.7 Å². The highest BCUT2D eigenvalue weighted by atomic mass is 16.5. The van der Waals surface area contributed by atoms with Crippen LogP contribution < -0.4 is 10.1 Å². The molecule has 7 heteroatoms. The summed E-state index contributed by atoms with van der Waals surface area (Å²) in [7, 11) is 1.62. The molecule has 0 saturated carbocycles. The molecule has 0 unspecified atom stereocenters. The number of aryl methyl sites for hydroxylation is 1. The normalized spacial score (nSPS) is 10.7. The first-order valence-corrected chi connectivity index (χ1v) is 8.13. The molecule has 0 atom stereocenters. The van der Waals surface area contributed by atoms with Crippen molar-refractivity contribution >= 4 is 5.91 Å². The molecule has 26 heavy (non-hydrogen) atoms. The second-order valence-electron chi connectivity index (χ2n) is 5.60. The Hall–Kier alpha value is -3.06. The van der Waals surface area contributed by atoms with Crippen molar-refractivity contribution in [3.05, 3.63) is 59.9 Å². The van der Waals surface area contributed by atoms with Gasteiger partial charge in [0.05, 0.1) is 26.5 Å². The lowest BCUT2D eigenvalue weighted by molar-refractivity contribution is -0.126. The van der Waals surface area contributed by atoms with Gasteiger partial charge in [0.2, 0.25) is 11.8 Å². The summed E-state index contributed by atoms with van der Waals surface area (Å²) < 4.78 is 21.4. The third-order valence-corrected chi connectivity index (χ3v) is 3.74. The van der Waals surface area contributed by atoms with Crippen LogP contribution in [0.4, 0.5) is 0 Å². The van der Waals surface area contributed by atoms with Crippen LogP contribution in [-0.4, -0.2) is 24.6 Å². The van der Waals surface area contributed by atoms with E-state index in [2.05, 4.69) is 10.3 Å². The highest BCUT2D eigenvalue weighted by Crippen LogP contribution is 2.24. The van der Waals surface area contributed by atoms with Crippen molar-refractivity contribution in [1.29, 1.82) is 0 Å². The van der Waals surface area contributed by atoms with Crippen molar-refractivity contribution in [2.45, 2.75) is 20.1 Å². The number of furan rings is 1. The van der Waals surface area contributed by atoms with Gasteiger partial charge in [-0.15, -0.1) is 0 Å². The molecule has 1 aromatic carbocycles. The molecule has 0 aliphatic rings. The third kappa shape index (κ3) is 4.52. The highest BCUT2D eigenvalue weighted by Gasteiger charge is 2.12. The van der Waals surface area contributed by atoms with Gasteiger partial charge in [-0.3, -0.25) is 4.79 Å². The van der Waals surface area contributed by atoms with Crippen molar-refractivity contribution in [3.63, 3.8) is 0 Å². The van der Waals surface area contributed by atoms with E-state index in [0.29, 0.717) is 29.6 Å². The van der Waals surface area contributed by atoms with Crippen LogP contribution in [0.3, 0.4) is 0 Å². The zero-order valence-electron chi connectivity index (χ0n) is 14.7. The molecular weight excluding hydrogens is 336 g/mol. The molecule has 7 nitrogen and oxygen atoms in total.